The number of rotatable bonds is 2. The minimum atomic E-state index is -0.200. The fourth-order valence-corrected chi connectivity index (χ4v) is 2.94. The molecule has 0 amide bonds. The van der Waals surface area contributed by atoms with Gasteiger partial charge in [-0.25, -0.2) is 4.39 Å². The van der Waals surface area contributed by atoms with Crippen LogP contribution < -0.4 is 4.74 Å². The molecular weight excluding hydrogens is 247 g/mol. The largest absolute Gasteiger partial charge is 0.493 e. The SMILES string of the molecule is Fc1cccc(Sc2ccc3c(c2)OCCC3)c1. The van der Waals surface area contributed by atoms with Gasteiger partial charge in [-0.2, -0.15) is 0 Å². The highest BCUT2D eigenvalue weighted by molar-refractivity contribution is 7.99. The van der Waals surface area contributed by atoms with Gasteiger partial charge in [0.2, 0.25) is 0 Å². The molecule has 1 aliphatic rings. The van der Waals surface area contributed by atoms with E-state index >= 15 is 0 Å². The van der Waals surface area contributed by atoms with Crippen molar-refractivity contribution in [2.75, 3.05) is 6.61 Å². The molecule has 1 heterocycles. The van der Waals surface area contributed by atoms with E-state index in [1.807, 2.05) is 12.1 Å². The summed E-state index contributed by atoms with van der Waals surface area (Å²) in [6.45, 7) is 0.793. The summed E-state index contributed by atoms with van der Waals surface area (Å²) in [7, 11) is 0. The number of benzene rings is 2. The standard InChI is InChI=1S/C15H13FOS/c16-12-4-1-5-13(9-12)18-14-7-6-11-3-2-8-17-15(11)10-14/h1,4-7,9-10H,2-3,8H2. The monoisotopic (exact) mass is 260 g/mol. The van der Waals surface area contributed by atoms with Crippen LogP contribution in [0.3, 0.4) is 0 Å². The normalized spacial score (nSPS) is 13.8. The van der Waals surface area contributed by atoms with Crippen molar-refractivity contribution in [3.05, 3.63) is 53.8 Å². The number of hydrogen-bond donors (Lipinski definition) is 0. The zero-order valence-corrected chi connectivity index (χ0v) is 10.7. The Labute approximate surface area is 110 Å². The number of ether oxygens (including phenoxy) is 1. The number of aryl methyl sites for hydroxylation is 1. The van der Waals surface area contributed by atoms with E-state index in [1.54, 1.807) is 23.9 Å². The Morgan fingerprint density at radius 1 is 1.06 bits per heavy atom. The molecule has 1 aliphatic heterocycles. The van der Waals surface area contributed by atoms with Crippen LogP contribution in [-0.4, -0.2) is 6.61 Å². The summed E-state index contributed by atoms with van der Waals surface area (Å²) in [4.78, 5) is 1.99. The van der Waals surface area contributed by atoms with Crippen LogP contribution in [0.5, 0.6) is 5.75 Å². The first kappa shape index (κ1) is 11.6. The van der Waals surface area contributed by atoms with E-state index < -0.39 is 0 Å². The molecule has 0 aromatic heterocycles. The number of hydrogen-bond acceptors (Lipinski definition) is 2. The Balaban J connectivity index is 1.85. The fourth-order valence-electron chi connectivity index (χ4n) is 2.05. The molecule has 1 nitrogen and oxygen atoms in total. The maximum Gasteiger partial charge on any atom is 0.124 e. The third-order valence-corrected chi connectivity index (χ3v) is 3.90. The average Bonchev–Trinajstić information content (AvgIpc) is 2.39. The van der Waals surface area contributed by atoms with Crippen molar-refractivity contribution in [2.24, 2.45) is 0 Å². The smallest absolute Gasteiger partial charge is 0.124 e. The molecular formula is C15H13FOS. The molecule has 0 saturated heterocycles. The average molecular weight is 260 g/mol. The van der Waals surface area contributed by atoms with Gasteiger partial charge in [0.1, 0.15) is 11.6 Å². The molecule has 0 radical (unpaired) electrons. The lowest BCUT2D eigenvalue weighted by atomic mass is 10.1. The summed E-state index contributed by atoms with van der Waals surface area (Å²) >= 11 is 1.55. The Morgan fingerprint density at radius 2 is 1.94 bits per heavy atom. The van der Waals surface area contributed by atoms with E-state index in [2.05, 4.69) is 12.1 Å². The van der Waals surface area contributed by atoms with Crippen LogP contribution in [0.1, 0.15) is 12.0 Å². The third kappa shape index (κ3) is 2.51. The van der Waals surface area contributed by atoms with Crippen LogP contribution in [0.4, 0.5) is 4.39 Å². The van der Waals surface area contributed by atoms with E-state index in [0.29, 0.717) is 0 Å². The molecule has 0 bridgehead atoms. The number of halogens is 1. The first-order chi connectivity index (χ1) is 8.81. The molecule has 0 saturated carbocycles. The molecule has 0 fully saturated rings. The lowest BCUT2D eigenvalue weighted by Crippen LogP contribution is -2.07. The Kier molecular flexibility index (Phi) is 3.24. The molecule has 2 aromatic carbocycles. The lowest BCUT2D eigenvalue weighted by molar-refractivity contribution is 0.287. The Bertz CT molecular complexity index is 568. The van der Waals surface area contributed by atoms with Crippen molar-refractivity contribution in [3.8, 4) is 5.75 Å². The van der Waals surface area contributed by atoms with Gasteiger partial charge in [-0.05, 0) is 48.7 Å². The van der Waals surface area contributed by atoms with Gasteiger partial charge in [-0.3, -0.25) is 0 Å². The van der Waals surface area contributed by atoms with Crippen molar-refractivity contribution in [1.29, 1.82) is 0 Å². The predicted molar refractivity (Wildman–Crippen MR) is 70.8 cm³/mol. The quantitative estimate of drug-likeness (QED) is 0.796. The summed E-state index contributed by atoms with van der Waals surface area (Å²) in [6.07, 6.45) is 2.17. The molecule has 0 unspecified atom stereocenters. The van der Waals surface area contributed by atoms with Crippen LogP contribution in [0.2, 0.25) is 0 Å². The molecule has 0 aliphatic carbocycles. The molecule has 3 heteroatoms. The molecule has 0 N–H and O–H groups in total. The third-order valence-electron chi connectivity index (χ3n) is 2.92. The number of fused-ring (bicyclic) bond motifs is 1. The van der Waals surface area contributed by atoms with Crippen LogP contribution in [0.15, 0.2) is 52.3 Å². The summed E-state index contributed by atoms with van der Waals surface area (Å²) < 4.78 is 18.7. The van der Waals surface area contributed by atoms with Gasteiger partial charge in [0.15, 0.2) is 0 Å². The van der Waals surface area contributed by atoms with E-state index in [0.717, 1.165) is 35.0 Å². The first-order valence-corrected chi connectivity index (χ1v) is 6.82. The van der Waals surface area contributed by atoms with Crippen LogP contribution >= 0.6 is 11.8 Å². The maximum atomic E-state index is 13.1. The minimum Gasteiger partial charge on any atom is -0.493 e. The lowest BCUT2D eigenvalue weighted by Gasteiger charge is -2.17. The Hall–Kier alpha value is -1.48. The summed E-state index contributed by atoms with van der Waals surface area (Å²) in [6, 6.07) is 12.9. The zero-order valence-electron chi connectivity index (χ0n) is 9.86. The van der Waals surface area contributed by atoms with E-state index in [4.69, 9.17) is 4.74 Å². The molecule has 3 rings (SSSR count). The van der Waals surface area contributed by atoms with Crippen molar-refractivity contribution >= 4 is 11.8 Å². The second-order valence-electron chi connectivity index (χ2n) is 4.28. The van der Waals surface area contributed by atoms with Gasteiger partial charge >= 0.3 is 0 Å². The highest BCUT2D eigenvalue weighted by Gasteiger charge is 2.11. The zero-order chi connectivity index (χ0) is 12.4. The molecule has 92 valence electrons. The molecule has 18 heavy (non-hydrogen) atoms. The van der Waals surface area contributed by atoms with Crippen molar-refractivity contribution in [1.82, 2.24) is 0 Å². The van der Waals surface area contributed by atoms with E-state index in [9.17, 15) is 4.39 Å². The van der Waals surface area contributed by atoms with Crippen LogP contribution in [0.25, 0.3) is 0 Å². The van der Waals surface area contributed by atoms with Gasteiger partial charge in [-0.15, -0.1) is 0 Å². The van der Waals surface area contributed by atoms with Crippen molar-refractivity contribution in [3.63, 3.8) is 0 Å². The van der Waals surface area contributed by atoms with Crippen LogP contribution in [-0.2, 0) is 6.42 Å². The minimum absolute atomic E-state index is 0.200. The van der Waals surface area contributed by atoms with Crippen LogP contribution in [0, 0.1) is 5.82 Å². The maximum absolute atomic E-state index is 13.1. The van der Waals surface area contributed by atoms with E-state index in [-0.39, 0.29) is 5.82 Å². The van der Waals surface area contributed by atoms with Gasteiger partial charge in [0.05, 0.1) is 6.61 Å². The predicted octanol–water partition coefficient (Wildman–Crippen LogP) is 4.30. The fraction of sp³-hybridized carbons (Fsp3) is 0.200. The van der Waals surface area contributed by atoms with Gasteiger partial charge in [0.25, 0.3) is 0 Å². The summed E-state index contributed by atoms with van der Waals surface area (Å²) in [5.41, 5.74) is 1.27. The molecule has 2 aromatic rings. The molecule has 0 atom stereocenters. The van der Waals surface area contributed by atoms with Gasteiger partial charge in [-0.1, -0.05) is 23.9 Å². The highest BCUT2D eigenvalue weighted by Crippen LogP contribution is 2.33. The Morgan fingerprint density at radius 3 is 2.83 bits per heavy atom. The summed E-state index contributed by atoms with van der Waals surface area (Å²) in [5.74, 6) is 0.775. The van der Waals surface area contributed by atoms with Crippen molar-refractivity contribution < 1.29 is 9.13 Å². The van der Waals surface area contributed by atoms with Crippen molar-refractivity contribution in [2.45, 2.75) is 22.6 Å². The second-order valence-corrected chi connectivity index (χ2v) is 5.43. The summed E-state index contributed by atoms with van der Waals surface area (Å²) in [5, 5.41) is 0. The second kappa shape index (κ2) is 5.02. The highest BCUT2D eigenvalue weighted by atomic mass is 32.2. The van der Waals surface area contributed by atoms with Gasteiger partial charge in [0, 0.05) is 9.79 Å². The van der Waals surface area contributed by atoms with Gasteiger partial charge < -0.3 is 4.74 Å². The molecule has 0 spiro atoms. The van der Waals surface area contributed by atoms with E-state index in [1.165, 1.54) is 11.6 Å². The first-order valence-electron chi connectivity index (χ1n) is 6.00. The topological polar surface area (TPSA) is 9.23 Å².